The van der Waals surface area contributed by atoms with E-state index in [-0.39, 0.29) is 0 Å². The van der Waals surface area contributed by atoms with Crippen LogP contribution in [0.3, 0.4) is 0 Å². The van der Waals surface area contributed by atoms with Gasteiger partial charge in [-0.15, -0.1) is 11.8 Å². The Morgan fingerprint density at radius 1 is 1.27 bits per heavy atom. The highest BCUT2D eigenvalue weighted by atomic mass is 32.2. The zero-order valence-corrected chi connectivity index (χ0v) is 9.76. The normalized spacial score (nSPS) is 17.7. The lowest BCUT2D eigenvalue weighted by atomic mass is 10.2. The van der Waals surface area contributed by atoms with Gasteiger partial charge in [-0.1, -0.05) is 6.42 Å². The van der Waals surface area contributed by atoms with Crippen LogP contribution in [0.15, 0.2) is 17.4 Å². The zero-order chi connectivity index (χ0) is 10.5. The minimum Gasteiger partial charge on any atom is -0.303 e. The Bertz CT molecular complexity index is 312. The van der Waals surface area contributed by atoms with Crippen molar-refractivity contribution < 1.29 is 0 Å². The molecule has 2 rings (SSSR count). The van der Waals surface area contributed by atoms with Crippen molar-refractivity contribution in [3.63, 3.8) is 0 Å². The van der Waals surface area contributed by atoms with E-state index in [2.05, 4.69) is 20.4 Å². The standard InChI is InChI=1S/C10H16N4S/c1-15-10-7-9(11-8-12-10)13-14-5-3-2-4-6-14/h7-8H,2-6H2,1H3,(H,11,12,13). The van der Waals surface area contributed by atoms with Crippen molar-refractivity contribution in [2.75, 3.05) is 24.8 Å². The van der Waals surface area contributed by atoms with Gasteiger partial charge in [-0.3, -0.25) is 0 Å². The van der Waals surface area contributed by atoms with Gasteiger partial charge in [-0.2, -0.15) is 0 Å². The number of hydrazine groups is 1. The molecule has 15 heavy (non-hydrogen) atoms. The average molecular weight is 224 g/mol. The largest absolute Gasteiger partial charge is 0.303 e. The summed E-state index contributed by atoms with van der Waals surface area (Å²) in [5, 5.41) is 3.24. The summed E-state index contributed by atoms with van der Waals surface area (Å²) in [4.78, 5) is 8.35. The number of hydrogen-bond donors (Lipinski definition) is 1. The topological polar surface area (TPSA) is 41.0 Å². The van der Waals surface area contributed by atoms with E-state index < -0.39 is 0 Å². The third-order valence-electron chi connectivity index (χ3n) is 2.48. The van der Waals surface area contributed by atoms with Crippen molar-refractivity contribution in [1.29, 1.82) is 0 Å². The summed E-state index contributed by atoms with van der Waals surface area (Å²) >= 11 is 1.64. The summed E-state index contributed by atoms with van der Waals surface area (Å²) in [6, 6.07) is 1.99. The summed E-state index contributed by atoms with van der Waals surface area (Å²) in [6.07, 6.45) is 7.52. The second-order valence-electron chi connectivity index (χ2n) is 3.61. The summed E-state index contributed by atoms with van der Waals surface area (Å²) < 4.78 is 0. The SMILES string of the molecule is CSc1cc(NN2CCCCC2)ncn1. The van der Waals surface area contributed by atoms with Crippen molar-refractivity contribution in [3.8, 4) is 0 Å². The first-order valence-electron chi connectivity index (χ1n) is 5.26. The van der Waals surface area contributed by atoms with Gasteiger partial charge in [0, 0.05) is 19.2 Å². The molecule has 1 saturated heterocycles. The van der Waals surface area contributed by atoms with Crippen molar-refractivity contribution in [2.24, 2.45) is 0 Å². The van der Waals surface area contributed by atoms with E-state index in [1.807, 2.05) is 12.3 Å². The van der Waals surface area contributed by atoms with Crippen LogP contribution in [0.5, 0.6) is 0 Å². The lowest BCUT2D eigenvalue weighted by Crippen LogP contribution is -2.35. The van der Waals surface area contributed by atoms with Crippen LogP contribution in [-0.4, -0.2) is 34.3 Å². The molecule has 1 aromatic rings. The van der Waals surface area contributed by atoms with E-state index >= 15 is 0 Å². The fraction of sp³-hybridized carbons (Fsp3) is 0.600. The molecule has 0 aromatic carbocycles. The van der Waals surface area contributed by atoms with Crippen LogP contribution in [-0.2, 0) is 0 Å². The van der Waals surface area contributed by atoms with Crippen LogP contribution >= 0.6 is 11.8 Å². The molecule has 0 saturated carbocycles. The quantitative estimate of drug-likeness (QED) is 0.628. The molecule has 1 N–H and O–H groups in total. The van der Waals surface area contributed by atoms with Gasteiger partial charge in [0.25, 0.3) is 0 Å². The number of thioether (sulfide) groups is 1. The Kier molecular flexibility index (Phi) is 3.80. The monoisotopic (exact) mass is 224 g/mol. The third kappa shape index (κ3) is 3.07. The lowest BCUT2D eigenvalue weighted by molar-refractivity contribution is 0.272. The summed E-state index contributed by atoms with van der Waals surface area (Å²) in [7, 11) is 0. The number of nitrogens with one attached hydrogen (secondary N) is 1. The number of hydrogen-bond acceptors (Lipinski definition) is 5. The highest BCUT2D eigenvalue weighted by Gasteiger charge is 2.10. The molecule has 5 heteroatoms. The van der Waals surface area contributed by atoms with Gasteiger partial charge >= 0.3 is 0 Å². The molecule has 1 aliphatic rings. The van der Waals surface area contributed by atoms with Gasteiger partial charge in [-0.25, -0.2) is 15.0 Å². The van der Waals surface area contributed by atoms with Crippen molar-refractivity contribution in [1.82, 2.24) is 15.0 Å². The first kappa shape index (κ1) is 10.7. The van der Waals surface area contributed by atoms with Gasteiger partial charge in [0.2, 0.25) is 0 Å². The number of rotatable bonds is 3. The van der Waals surface area contributed by atoms with Gasteiger partial charge in [-0.05, 0) is 19.1 Å². The van der Waals surface area contributed by atoms with E-state index in [0.29, 0.717) is 0 Å². The Labute approximate surface area is 94.5 Å². The van der Waals surface area contributed by atoms with E-state index in [1.165, 1.54) is 19.3 Å². The molecule has 0 unspecified atom stereocenters. The number of nitrogens with zero attached hydrogens (tertiary/aromatic N) is 3. The Morgan fingerprint density at radius 2 is 2.07 bits per heavy atom. The molecule has 0 aliphatic carbocycles. The van der Waals surface area contributed by atoms with Crippen LogP contribution < -0.4 is 5.43 Å². The molecule has 0 amide bonds. The van der Waals surface area contributed by atoms with E-state index in [9.17, 15) is 0 Å². The molecule has 82 valence electrons. The highest BCUT2D eigenvalue weighted by Crippen LogP contribution is 2.15. The lowest BCUT2D eigenvalue weighted by Gasteiger charge is -2.27. The fourth-order valence-corrected chi connectivity index (χ4v) is 2.06. The maximum absolute atomic E-state index is 4.20. The molecular formula is C10H16N4S. The summed E-state index contributed by atoms with van der Waals surface area (Å²) in [6.45, 7) is 2.22. The zero-order valence-electron chi connectivity index (χ0n) is 8.94. The molecule has 0 bridgehead atoms. The second kappa shape index (κ2) is 5.32. The van der Waals surface area contributed by atoms with E-state index in [4.69, 9.17) is 0 Å². The number of piperidine rings is 1. The van der Waals surface area contributed by atoms with Crippen molar-refractivity contribution in [2.45, 2.75) is 24.3 Å². The Morgan fingerprint density at radius 3 is 2.80 bits per heavy atom. The van der Waals surface area contributed by atoms with Crippen LogP contribution in [0.2, 0.25) is 0 Å². The third-order valence-corrected chi connectivity index (χ3v) is 3.12. The average Bonchev–Trinajstić information content (AvgIpc) is 2.31. The van der Waals surface area contributed by atoms with Crippen LogP contribution in [0.1, 0.15) is 19.3 Å². The van der Waals surface area contributed by atoms with Gasteiger partial charge in [0.05, 0.1) is 0 Å². The molecular weight excluding hydrogens is 208 g/mol. The molecule has 0 radical (unpaired) electrons. The Balaban J connectivity index is 1.96. The maximum atomic E-state index is 4.20. The fourth-order valence-electron chi connectivity index (χ4n) is 1.68. The van der Waals surface area contributed by atoms with Crippen molar-refractivity contribution in [3.05, 3.63) is 12.4 Å². The number of aromatic nitrogens is 2. The molecule has 1 aliphatic heterocycles. The Hall–Kier alpha value is -0.810. The van der Waals surface area contributed by atoms with Crippen LogP contribution in [0.25, 0.3) is 0 Å². The minimum atomic E-state index is 0.899. The predicted octanol–water partition coefficient (Wildman–Crippen LogP) is 2.01. The highest BCUT2D eigenvalue weighted by molar-refractivity contribution is 7.98. The summed E-state index contributed by atoms with van der Waals surface area (Å²) in [5.41, 5.74) is 3.32. The first-order chi connectivity index (χ1) is 7.38. The second-order valence-corrected chi connectivity index (χ2v) is 4.43. The smallest absolute Gasteiger partial charge is 0.144 e. The van der Waals surface area contributed by atoms with E-state index in [1.54, 1.807) is 18.1 Å². The van der Waals surface area contributed by atoms with E-state index in [0.717, 1.165) is 23.9 Å². The van der Waals surface area contributed by atoms with Crippen molar-refractivity contribution >= 4 is 17.6 Å². The minimum absolute atomic E-state index is 0.899. The molecule has 0 atom stereocenters. The molecule has 2 heterocycles. The summed E-state index contributed by atoms with van der Waals surface area (Å²) in [5.74, 6) is 0.899. The molecule has 1 aromatic heterocycles. The van der Waals surface area contributed by atoms with Gasteiger partial charge < -0.3 is 5.43 Å². The van der Waals surface area contributed by atoms with Crippen LogP contribution in [0, 0.1) is 0 Å². The molecule has 0 spiro atoms. The molecule has 1 fully saturated rings. The molecule has 4 nitrogen and oxygen atoms in total. The maximum Gasteiger partial charge on any atom is 0.144 e. The first-order valence-corrected chi connectivity index (χ1v) is 6.48. The van der Waals surface area contributed by atoms with Gasteiger partial charge in [0.1, 0.15) is 17.2 Å². The van der Waals surface area contributed by atoms with Gasteiger partial charge in [0.15, 0.2) is 0 Å². The predicted molar refractivity (Wildman–Crippen MR) is 62.9 cm³/mol. The van der Waals surface area contributed by atoms with Crippen LogP contribution in [0.4, 0.5) is 5.82 Å². The number of anilines is 1.